The average Bonchev–Trinajstić information content (AvgIpc) is 1.61. The smallest absolute Gasteiger partial charge is 0.756 e. The summed E-state index contributed by atoms with van der Waals surface area (Å²) >= 11 is 0. The number of carbonyl (C=O) groups is 4. The van der Waals surface area contributed by atoms with E-state index in [1.807, 2.05) is 24.3 Å². The molecule has 0 radical (unpaired) electrons. The number of phosphoric ester groups is 2. The Hall–Kier alpha value is -2.38. The number of rotatable bonds is 60. The Morgan fingerprint density at radius 3 is 0.971 bits per heavy atom. The van der Waals surface area contributed by atoms with Crippen LogP contribution in [-0.4, -0.2) is 114 Å². The Morgan fingerprint density at radius 2 is 0.663 bits per heavy atom. The molecule has 2 saturated heterocycles. The first-order chi connectivity index (χ1) is 49.5. The third-order valence-electron chi connectivity index (χ3n) is 18.8. The molecule has 4 aliphatic rings. The molecule has 4 aliphatic heterocycles. The summed E-state index contributed by atoms with van der Waals surface area (Å²) in [5.41, 5.74) is 2.24. The van der Waals surface area contributed by atoms with Crippen LogP contribution in [0.5, 0.6) is 23.0 Å². The molecule has 1 N–H and O–H groups in total. The van der Waals surface area contributed by atoms with Crippen molar-refractivity contribution < 1.29 is 168 Å². The van der Waals surface area contributed by atoms with Crippen LogP contribution in [0.3, 0.4) is 0 Å². The van der Waals surface area contributed by atoms with Crippen molar-refractivity contribution in [1.29, 1.82) is 0 Å². The number of carbonyl (C=O) groups excluding carboxylic acids is 4. The minimum Gasteiger partial charge on any atom is -0.756 e. The molecular weight excluding hydrogens is 1400 g/mol. The maximum Gasteiger partial charge on any atom is 1.00 e. The van der Waals surface area contributed by atoms with E-state index in [1.165, 1.54) is 103 Å². The molecule has 6 rings (SSSR count). The van der Waals surface area contributed by atoms with E-state index in [-0.39, 0.29) is 111 Å². The number of ether oxygens (including phenoxy) is 10. The zero-order chi connectivity index (χ0) is 73.3. The van der Waals surface area contributed by atoms with E-state index in [4.69, 9.17) is 65.5 Å². The largest absolute Gasteiger partial charge is 1.00 e. The summed E-state index contributed by atoms with van der Waals surface area (Å²) in [5.74, 6) is 1.58. The molecule has 4 heterocycles. The van der Waals surface area contributed by atoms with Crippen molar-refractivity contribution in [3.8, 4) is 23.0 Å². The van der Waals surface area contributed by atoms with Crippen LogP contribution >= 0.6 is 15.6 Å². The fourth-order valence-corrected chi connectivity index (χ4v) is 14.4. The first-order valence-electron chi connectivity index (χ1n) is 39.1. The van der Waals surface area contributed by atoms with Gasteiger partial charge in [-0.1, -0.05) is 245 Å². The third-order valence-corrected chi connectivity index (χ3v) is 20.7. The molecule has 0 saturated carbocycles. The predicted octanol–water partition coefficient (Wildman–Crippen LogP) is 11.2. The fraction of sp³-hybridized carbons (Fsp3) is 0.792. The molecule has 0 aromatic heterocycles. The fourth-order valence-electron chi connectivity index (χ4n) is 12.8. The second kappa shape index (κ2) is 58.5. The zero-order valence-electron chi connectivity index (χ0n) is 64.2. The van der Waals surface area contributed by atoms with Gasteiger partial charge in [-0.3, -0.25) is 28.3 Å². The van der Waals surface area contributed by atoms with Gasteiger partial charge in [-0.2, -0.15) is 0 Å². The molecule has 0 spiro atoms. The second-order valence-electron chi connectivity index (χ2n) is 27.7. The number of hydrogen-bond acceptors (Lipinski definition) is 23. The molecule has 23 nitrogen and oxygen atoms in total. The summed E-state index contributed by atoms with van der Waals surface area (Å²) in [6.07, 6.45) is 34.3. The maximum absolute atomic E-state index is 12.8. The van der Waals surface area contributed by atoms with Crippen LogP contribution in [0.4, 0.5) is 0 Å². The summed E-state index contributed by atoms with van der Waals surface area (Å²) < 4.78 is 101. The van der Waals surface area contributed by atoms with Gasteiger partial charge in [0.05, 0.1) is 51.8 Å². The van der Waals surface area contributed by atoms with E-state index in [9.17, 15) is 43.2 Å². The SMILES string of the molecule is CCCCCCCCCCCC(=O)OCC(COP(=O)([O-])OCC(O)COP(=O)([O-])OCC(COC(=O)CCCCCCCCCCC)OC(=O)CCCCCCCCCCC)OC(=O)CCCCCCCCCCC.[Na+].[Na+].c1cc2c(cc1C1OCC3C(c4ccc5c(c4)OCO5)OCC13)OCO2. The van der Waals surface area contributed by atoms with E-state index in [0.717, 1.165) is 137 Å². The van der Waals surface area contributed by atoms with Gasteiger partial charge >= 0.3 is 83.0 Å². The molecule has 27 heteroatoms. The summed E-state index contributed by atoms with van der Waals surface area (Å²) in [6, 6.07) is 12.1. The Bertz CT molecular complexity index is 2540. The average molecular weight is 1530 g/mol. The Kier molecular flexibility index (Phi) is 53.9. The summed E-state index contributed by atoms with van der Waals surface area (Å²) in [7, 11) is -10.4. The number of fused-ring (bicyclic) bond motifs is 3. The van der Waals surface area contributed by atoms with Crippen molar-refractivity contribution in [2.75, 3.05) is 66.4 Å². The summed E-state index contributed by atoms with van der Waals surface area (Å²) in [5, 5.41) is 10.4. The first kappa shape index (κ1) is 95.8. The van der Waals surface area contributed by atoms with E-state index in [2.05, 4.69) is 39.8 Å². The number of esters is 4. The number of hydrogen-bond donors (Lipinski definition) is 1. The normalized spacial score (nSPS) is 18.1. The number of phosphoric acid groups is 2. The minimum atomic E-state index is -5.20. The van der Waals surface area contributed by atoms with Crippen LogP contribution in [0.15, 0.2) is 36.4 Å². The molecule has 0 bridgehead atoms. The molecule has 0 amide bonds. The van der Waals surface area contributed by atoms with Crippen molar-refractivity contribution in [1.82, 2.24) is 0 Å². The van der Waals surface area contributed by atoms with Crippen molar-refractivity contribution in [3.05, 3.63) is 47.5 Å². The Morgan fingerprint density at radius 1 is 0.394 bits per heavy atom. The van der Waals surface area contributed by atoms with Crippen LogP contribution in [0.2, 0.25) is 0 Å². The molecule has 584 valence electrons. The van der Waals surface area contributed by atoms with Gasteiger partial charge in [0.15, 0.2) is 35.2 Å². The van der Waals surface area contributed by atoms with Gasteiger partial charge in [-0.25, -0.2) is 0 Å². The minimum absolute atomic E-state index is 0. The monoisotopic (exact) mass is 1530 g/mol. The van der Waals surface area contributed by atoms with Gasteiger partial charge in [0.1, 0.15) is 19.3 Å². The van der Waals surface area contributed by atoms with E-state index >= 15 is 0 Å². The van der Waals surface area contributed by atoms with Crippen LogP contribution in [0.1, 0.15) is 308 Å². The van der Waals surface area contributed by atoms with Crippen molar-refractivity contribution >= 4 is 39.5 Å². The van der Waals surface area contributed by atoms with Crippen molar-refractivity contribution in [2.45, 2.75) is 315 Å². The molecule has 8 atom stereocenters. The maximum atomic E-state index is 12.8. The van der Waals surface area contributed by atoms with Gasteiger partial charge in [0.25, 0.3) is 15.6 Å². The Balaban J connectivity index is 0.000000815. The standard InChI is InChI=1S/C57H110O17P2.C20H18O6.2Na/c1-5-9-13-17-21-25-29-33-37-41-54(59)67-47-52(73-56(61)43-39-35-31-27-23-19-15-11-7-3)49-71-75(63,64)69-45-51(58)46-70-76(65,66)72-50-53(74-57(62)44-40-36-32-28-24-20-16-12-8-4)48-68-55(60)42-38-34-30-26-22-18-14-10-6-2;1-3-15-17(25-9-23-15)5-11(1)19-13-7-22-20(14(13)8-21-19)12-2-4-16-18(6-12)26-10-24-16;;/h51-53,58H,5-50H2,1-4H3,(H,63,64)(H,65,66);1-6,13-14,19-20H,7-10H2;;/q;;2*+1/p-2. The zero-order valence-corrected chi connectivity index (χ0v) is 70.0. The number of benzene rings is 2. The molecule has 2 aromatic carbocycles. The molecule has 2 aromatic rings. The van der Waals surface area contributed by atoms with Crippen molar-refractivity contribution in [2.24, 2.45) is 11.8 Å². The van der Waals surface area contributed by atoms with Crippen LogP contribution in [-0.2, 0) is 74.8 Å². The topological polar surface area (TPSA) is 298 Å². The van der Waals surface area contributed by atoms with Crippen molar-refractivity contribution in [3.63, 3.8) is 0 Å². The van der Waals surface area contributed by atoms with Gasteiger partial charge < -0.3 is 80.4 Å². The molecular formula is C77H126Na2O23P2. The summed E-state index contributed by atoms with van der Waals surface area (Å²) in [4.78, 5) is 76.2. The number of unbranched alkanes of at least 4 members (excludes halogenated alkanes) is 32. The summed E-state index contributed by atoms with van der Waals surface area (Å²) in [6.45, 7) is 6.30. The van der Waals surface area contributed by atoms with Crippen LogP contribution < -0.4 is 87.8 Å². The van der Waals surface area contributed by atoms with Gasteiger partial charge in [0, 0.05) is 37.5 Å². The number of aliphatic hydroxyl groups is 1. The number of aliphatic hydroxyl groups excluding tert-OH is 1. The van der Waals surface area contributed by atoms with Gasteiger partial charge in [-0.05, 0) is 61.1 Å². The molecule has 104 heavy (non-hydrogen) atoms. The second-order valence-corrected chi connectivity index (χ2v) is 30.5. The van der Waals surface area contributed by atoms with E-state index < -0.39 is 97.5 Å². The predicted molar refractivity (Wildman–Crippen MR) is 384 cm³/mol. The third kappa shape index (κ3) is 42.1. The van der Waals surface area contributed by atoms with Crippen LogP contribution in [0, 0.1) is 11.8 Å². The molecule has 8 unspecified atom stereocenters. The van der Waals surface area contributed by atoms with Crippen LogP contribution in [0.25, 0.3) is 0 Å². The molecule has 2 fully saturated rings. The molecule has 0 aliphatic carbocycles. The van der Waals surface area contributed by atoms with E-state index in [0.29, 0.717) is 50.7 Å². The van der Waals surface area contributed by atoms with E-state index in [1.54, 1.807) is 0 Å². The Labute approximate surface area is 666 Å². The van der Waals surface area contributed by atoms with Gasteiger partial charge in [0.2, 0.25) is 13.6 Å². The first-order valence-corrected chi connectivity index (χ1v) is 42.1. The van der Waals surface area contributed by atoms with Gasteiger partial charge in [-0.15, -0.1) is 0 Å². The quantitative estimate of drug-likeness (QED) is 0.0211.